The zero-order valence-corrected chi connectivity index (χ0v) is 20.9. The highest BCUT2D eigenvalue weighted by Gasteiger charge is 2.59. The third-order valence-electron chi connectivity index (χ3n) is 10.9. The Morgan fingerprint density at radius 3 is 2.61 bits per heavy atom. The molecule has 0 aromatic carbocycles. The second-order valence-corrected chi connectivity index (χ2v) is 13.2. The molecule has 9 unspecified atom stereocenters. The molecule has 0 bridgehead atoms. The fourth-order valence-electron chi connectivity index (χ4n) is 8.93. The monoisotopic (exact) mass is 428 g/mol. The van der Waals surface area contributed by atoms with Crippen molar-refractivity contribution in [1.29, 1.82) is 0 Å². The number of allylic oxidation sites excluding steroid dienone is 1. The molecule has 31 heavy (non-hydrogen) atoms. The van der Waals surface area contributed by atoms with Gasteiger partial charge in [-0.15, -0.1) is 6.58 Å². The van der Waals surface area contributed by atoms with E-state index in [4.69, 9.17) is 0 Å². The average molecular weight is 429 g/mol. The first-order chi connectivity index (χ1) is 14.4. The first-order valence-corrected chi connectivity index (χ1v) is 13.2. The molecule has 2 heteroatoms. The van der Waals surface area contributed by atoms with E-state index in [2.05, 4.69) is 33.4 Å². The van der Waals surface area contributed by atoms with Crippen LogP contribution in [0.1, 0.15) is 105 Å². The molecule has 0 spiro atoms. The van der Waals surface area contributed by atoms with Crippen LogP contribution in [0.25, 0.3) is 0 Å². The quantitative estimate of drug-likeness (QED) is 0.445. The minimum Gasteiger partial charge on any atom is -0.390 e. The summed E-state index contributed by atoms with van der Waals surface area (Å²) in [6.07, 6.45) is 16.9. The van der Waals surface area contributed by atoms with Gasteiger partial charge in [0, 0.05) is 0 Å². The molecule has 0 heterocycles. The normalized spacial score (nSPS) is 47.4. The summed E-state index contributed by atoms with van der Waals surface area (Å²) >= 11 is 0. The maximum Gasteiger partial charge on any atom is 0.0657 e. The van der Waals surface area contributed by atoms with Gasteiger partial charge in [0.2, 0.25) is 0 Å². The lowest BCUT2D eigenvalue weighted by Crippen LogP contribution is -2.52. The summed E-state index contributed by atoms with van der Waals surface area (Å²) in [5.74, 6) is 3.96. The third kappa shape index (κ3) is 4.10. The van der Waals surface area contributed by atoms with Crippen molar-refractivity contribution >= 4 is 0 Å². The van der Waals surface area contributed by atoms with E-state index < -0.39 is 11.2 Å². The van der Waals surface area contributed by atoms with E-state index in [0.29, 0.717) is 23.2 Å². The van der Waals surface area contributed by atoms with Crippen LogP contribution in [0.15, 0.2) is 24.3 Å². The van der Waals surface area contributed by atoms with Crippen molar-refractivity contribution in [2.45, 2.75) is 116 Å². The highest BCUT2D eigenvalue weighted by Crippen LogP contribution is 2.67. The minimum atomic E-state index is -0.603. The van der Waals surface area contributed by atoms with Crippen LogP contribution in [0.4, 0.5) is 0 Å². The fraction of sp³-hybridized carbons (Fsp3) is 0.862. The zero-order chi connectivity index (χ0) is 22.7. The molecule has 0 saturated heterocycles. The van der Waals surface area contributed by atoms with Gasteiger partial charge in [0.1, 0.15) is 0 Å². The summed E-state index contributed by atoms with van der Waals surface area (Å²) in [5, 5.41) is 21.3. The predicted octanol–water partition coefficient (Wildman–Crippen LogP) is 7.06. The molecule has 0 radical (unpaired) electrons. The Labute approximate surface area is 191 Å². The second-order valence-electron chi connectivity index (χ2n) is 13.2. The molecule has 3 fully saturated rings. The Kier molecular flexibility index (Phi) is 6.09. The van der Waals surface area contributed by atoms with Crippen LogP contribution >= 0.6 is 0 Å². The van der Waals surface area contributed by atoms with Gasteiger partial charge in [-0.25, -0.2) is 0 Å². The summed E-state index contributed by atoms with van der Waals surface area (Å²) in [5.41, 5.74) is 1.25. The average Bonchev–Trinajstić information content (AvgIpc) is 3.04. The lowest BCUT2D eigenvalue weighted by atomic mass is 9.46. The van der Waals surface area contributed by atoms with Crippen molar-refractivity contribution in [3.05, 3.63) is 24.3 Å². The van der Waals surface area contributed by atoms with Gasteiger partial charge in [-0.1, -0.05) is 38.5 Å². The van der Waals surface area contributed by atoms with Crippen molar-refractivity contribution in [2.24, 2.45) is 40.4 Å². The summed E-state index contributed by atoms with van der Waals surface area (Å²) in [6.45, 7) is 15.4. The van der Waals surface area contributed by atoms with Crippen LogP contribution in [-0.4, -0.2) is 21.4 Å². The molecule has 4 aliphatic carbocycles. The van der Waals surface area contributed by atoms with Gasteiger partial charge in [-0.3, -0.25) is 0 Å². The van der Waals surface area contributed by atoms with Gasteiger partial charge in [-0.05, 0) is 125 Å². The Morgan fingerprint density at radius 2 is 1.90 bits per heavy atom. The van der Waals surface area contributed by atoms with E-state index >= 15 is 0 Å². The standard InChI is InChI=1S/C29H48O2/c1-7-14-26(3,30)15-12-20(2)23-10-11-24-22-9-8-21-19-27(4,31)17-18-28(21,5)25(22)13-16-29(23,24)6/h7-8,20,22-25,30-31H,1,9-19H2,2-6H3. The van der Waals surface area contributed by atoms with Gasteiger partial charge in [0.05, 0.1) is 11.2 Å². The molecule has 4 rings (SSSR count). The van der Waals surface area contributed by atoms with E-state index in [1.807, 2.05) is 19.9 Å². The molecule has 0 aliphatic heterocycles. The number of rotatable bonds is 6. The molecule has 0 amide bonds. The first kappa shape index (κ1) is 23.6. The van der Waals surface area contributed by atoms with Crippen molar-refractivity contribution < 1.29 is 10.2 Å². The van der Waals surface area contributed by atoms with Gasteiger partial charge in [0.25, 0.3) is 0 Å². The second kappa shape index (κ2) is 8.01. The van der Waals surface area contributed by atoms with Crippen LogP contribution in [0, 0.1) is 40.4 Å². The Balaban J connectivity index is 1.49. The maximum atomic E-state index is 10.7. The Morgan fingerprint density at radius 1 is 1.16 bits per heavy atom. The Bertz CT molecular complexity index is 718. The summed E-state index contributed by atoms with van der Waals surface area (Å²) < 4.78 is 0. The number of fused-ring (bicyclic) bond motifs is 5. The number of hydrogen-bond donors (Lipinski definition) is 2. The first-order valence-electron chi connectivity index (χ1n) is 13.2. The van der Waals surface area contributed by atoms with Gasteiger partial charge >= 0.3 is 0 Å². The van der Waals surface area contributed by atoms with Crippen molar-refractivity contribution in [3.63, 3.8) is 0 Å². The van der Waals surface area contributed by atoms with Gasteiger partial charge < -0.3 is 10.2 Å². The summed E-state index contributed by atoms with van der Waals surface area (Å²) in [6, 6.07) is 0. The molecule has 0 aromatic heterocycles. The minimum absolute atomic E-state index is 0.319. The highest BCUT2D eigenvalue weighted by molar-refractivity contribution is 5.26. The molecule has 176 valence electrons. The van der Waals surface area contributed by atoms with Crippen LogP contribution < -0.4 is 0 Å². The van der Waals surface area contributed by atoms with E-state index in [9.17, 15) is 10.2 Å². The molecular weight excluding hydrogens is 380 g/mol. The lowest BCUT2D eigenvalue weighted by molar-refractivity contribution is -0.0714. The van der Waals surface area contributed by atoms with E-state index in [1.165, 1.54) is 32.1 Å². The van der Waals surface area contributed by atoms with Crippen molar-refractivity contribution in [3.8, 4) is 0 Å². The molecule has 0 aromatic rings. The fourth-order valence-corrected chi connectivity index (χ4v) is 8.93. The van der Waals surface area contributed by atoms with E-state index in [0.717, 1.165) is 55.8 Å². The molecule has 4 aliphatic rings. The lowest BCUT2D eigenvalue weighted by Gasteiger charge is -2.59. The molecule has 2 N–H and O–H groups in total. The molecule has 2 nitrogen and oxygen atoms in total. The zero-order valence-electron chi connectivity index (χ0n) is 20.9. The molecule has 9 atom stereocenters. The summed E-state index contributed by atoms with van der Waals surface area (Å²) in [4.78, 5) is 0. The third-order valence-corrected chi connectivity index (χ3v) is 10.9. The van der Waals surface area contributed by atoms with E-state index in [1.54, 1.807) is 5.57 Å². The predicted molar refractivity (Wildman–Crippen MR) is 130 cm³/mol. The molecular formula is C29H48O2. The highest BCUT2D eigenvalue weighted by atomic mass is 16.3. The smallest absolute Gasteiger partial charge is 0.0657 e. The van der Waals surface area contributed by atoms with E-state index in [-0.39, 0.29) is 0 Å². The number of aliphatic hydroxyl groups is 2. The van der Waals surface area contributed by atoms with Crippen molar-refractivity contribution in [2.75, 3.05) is 0 Å². The van der Waals surface area contributed by atoms with Gasteiger partial charge in [-0.2, -0.15) is 0 Å². The Hall–Kier alpha value is -0.600. The maximum absolute atomic E-state index is 10.7. The van der Waals surface area contributed by atoms with Crippen LogP contribution in [-0.2, 0) is 0 Å². The van der Waals surface area contributed by atoms with Crippen LogP contribution in [0.3, 0.4) is 0 Å². The topological polar surface area (TPSA) is 40.5 Å². The SMILES string of the molecule is C=CCC(C)(O)CCC(C)C1CCC2C3CC=C4CC(C)(O)CCC4(C)C3CCC12C. The van der Waals surface area contributed by atoms with Crippen LogP contribution in [0.5, 0.6) is 0 Å². The summed E-state index contributed by atoms with van der Waals surface area (Å²) in [7, 11) is 0. The molecule has 3 saturated carbocycles. The van der Waals surface area contributed by atoms with Gasteiger partial charge in [0.15, 0.2) is 0 Å². The van der Waals surface area contributed by atoms with Crippen molar-refractivity contribution in [1.82, 2.24) is 0 Å². The van der Waals surface area contributed by atoms with Crippen LogP contribution in [0.2, 0.25) is 0 Å². The number of hydrogen-bond acceptors (Lipinski definition) is 2. The largest absolute Gasteiger partial charge is 0.390 e.